The van der Waals surface area contributed by atoms with E-state index in [1.165, 1.54) is 16.9 Å². The third-order valence-corrected chi connectivity index (χ3v) is 10.4. The molecular formula is C38H46ClN3O8. The number of nitrogens with zero attached hydrogens (tertiary/aromatic N) is 2. The maximum Gasteiger partial charge on any atom is 0.313 e. The van der Waals surface area contributed by atoms with Crippen molar-refractivity contribution in [1.29, 1.82) is 0 Å². The number of carbonyl (C=O) groups is 4. The molecule has 2 N–H and O–H groups in total. The highest BCUT2D eigenvalue weighted by molar-refractivity contribution is 6.34. The van der Waals surface area contributed by atoms with E-state index in [2.05, 4.69) is 18.5 Å². The molecule has 2 aromatic rings. The zero-order valence-electron chi connectivity index (χ0n) is 28.5. The molecule has 3 saturated heterocycles. The number of para-hydroxylation sites is 1. The van der Waals surface area contributed by atoms with Gasteiger partial charge in [-0.25, -0.2) is 0 Å². The van der Waals surface area contributed by atoms with Crippen molar-refractivity contribution in [2.45, 2.75) is 75.0 Å². The summed E-state index contributed by atoms with van der Waals surface area (Å²) in [4.78, 5) is 59.6. The second kappa shape index (κ2) is 16.3. The Labute approximate surface area is 298 Å². The first-order valence-corrected chi connectivity index (χ1v) is 17.5. The van der Waals surface area contributed by atoms with Crippen LogP contribution in [0, 0.1) is 11.8 Å². The van der Waals surface area contributed by atoms with E-state index >= 15 is 0 Å². The maximum absolute atomic E-state index is 14.8. The van der Waals surface area contributed by atoms with E-state index < -0.39 is 65.6 Å². The molecule has 3 aliphatic heterocycles. The molecule has 2 bridgehead atoms. The van der Waals surface area contributed by atoms with Gasteiger partial charge in [0.2, 0.25) is 11.8 Å². The topological polar surface area (TPSA) is 135 Å². The van der Waals surface area contributed by atoms with Gasteiger partial charge in [0.15, 0.2) is 0 Å². The summed E-state index contributed by atoms with van der Waals surface area (Å²) >= 11 is 6.56. The number of rotatable bonds is 17. The first-order valence-electron chi connectivity index (χ1n) is 17.1. The summed E-state index contributed by atoms with van der Waals surface area (Å²) in [6, 6.07) is 13.3. The predicted molar refractivity (Wildman–Crippen MR) is 188 cm³/mol. The highest BCUT2D eigenvalue weighted by Gasteiger charge is 2.75. The van der Waals surface area contributed by atoms with Gasteiger partial charge in [0.05, 0.1) is 53.9 Å². The maximum atomic E-state index is 14.8. The normalized spacial score (nSPS) is 25.4. The van der Waals surface area contributed by atoms with Crippen molar-refractivity contribution in [2.75, 3.05) is 31.8 Å². The summed E-state index contributed by atoms with van der Waals surface area (Å²) in [5, 5.41) is 13.7. The van der Waals surface area contributed by atoms with Gasteiger partial charge in [-0.2, -0.15) is 0 Å². The Morgan fingerprint density at radius 1 is 1.16 bits per heavy atom. The SMILES string of the molecule is C=CCCC(=O)N[C@H](COC)[C@H](OC(=O)[C@@H]1[C@H]2C(=O)N([C@@H](CC)CO)[C@H](C(=O)N(CC=C)c3ccccc3Cl)[C@]23CC[C@H]1O3)c1ccccc1. The average Bonchev–Trinajstić information content (AvgIpc) is 3.77. The summed E-state index contributed by atoms with van der Waals surface area (Å²) in [5.41, 5.74) is -0.278. The van der Waals surface area contributed by atoms with Crippen LogP contribution in [0.4, 0.5) is 5.69 Å². The molecule has 12 heteroatoms. The second-order valence-electron chi connectivity index (χ2n) is 13.0. The minimum atomic E-state index is -1.35. The molecule has 3 amide bonds. The molecule has 268 valence electrons. The number of aliphatic hydroxyl groups excluding tert-OH is 1. The van der Waals surface area contributed by atoms with Crippen molar-refractivity contribution in [3.05, 3.63) is 90.5 Å². The number of esters is 1. The Morgan fingerprint density at radius 2 is 1.88 bits per heavy atom. The Kier molecular flexibility index (Phi) is 12.2. The summed E-state index contributed by atoms with van der Waals surface area (Å²) in [6.07, 6.45) is 3.38. The Morgan fingerprint density at radius 3 is 2.52 bits per heavy atom. The van der Waals surface area contributed by atoms with Gasteiger partial charge in [-0.3, -0.25) is 19.2 Å². The lowest BCUT2D eigenvalue weighted by Gasteiger charge is -2.39. The van der Waals surface area contributed by atoms with Crippen molar-refractivity contribution in [3.8, 4) is 0 Å². The number of amides is 3. The van der Waals surface area contributed by atoms with Gasteiger partial charge in [-0.15, -0.1) is 13.2 Å². The van der Waals surface area contributed by atoms with Crippen molar-refractivity contribution in [3.63, 3.8) is 0 Å². The van der Waals surface area contributed by atoms with Crippen LogP contribution in [0.15, 0.2) is 79.9 Å². The molecule has 8 atom stereocenters. The number of fused-ring (bicyclic) bond motifs is 1. The Bertz CT molecular complexity index is 1570. The number of ether oxygens (including phenoxy) is 3. The monoisotopic (exact) mass is 707 g/mol. The number of anilines is 1. The quantitative estimate of drug-likeness (QED) is 0.183. The number of hydrogen-bond donors (Lipinski definition) is 2. The molecule has 1 spiro atoms. The fourth-order valence-corrected chi connectivity index (χ4v) is 8.06. The minimum Gasteiger partial charge on any atom is -0.455 e. The minimum absolute atomic E-state index is 0.0454. The predicted octanol–water partition coefficient (Wildman–Crippen LogP) is 4.39. The first kappa shape index (κ1) is 37.2. The number of aliphatic hydroxyl groups is 1. The average molecular weight is 708 g/mol. The van der Waals surface area contributed by atoms with E-state index in [1.807, 2.05) is 13.0 Å². The number of carbonyl (C=O) groups excluding carboxylic acids is 4. The molecule has 0 aromatic heterocycles. The molecule has 50 heavy (non-hydrogen) atoms. The van der Waals surface area contributed by atoms with Crippen molar-refractivity contribution in [2.24, 2.45) is 11.8 Å². The van der Waals surface area contributed by atoms with E-state index in [0.717, 1.165) is 0 Å². The molecule has 2 aromatic carbocycles. The van der Waals surface area contributed by atoms with Crippen LogP contribution in [-0.4, -0.2) is 90.4 Å². The summed E-state index contributed by atoms with van der Waals surface area (Å²) in [6.45, 7) is 9.10. The fourth-order valence-electron chi connectivity index (χ4n) is 7.83. The van der Waals surface area contributed by atoms with Crippen molar-refractivity contribution >= 4 is 41.0 Å². The highest BCUT2D eigenvalue weighted by atomic mass is 35.5. The molecule has 5 rings (SSSR count). The number of methoxy groups -OCH3 is 1. The first-order chi connectivity index (χ1) is 24.2. The number of benzene rings is 2. The van der Waals surface area contributed by atoms with Crippen LogP contribution in [0.25, 0.3) is 0 Å². The Hall–Kier alpha value is -4.03. The molecule has 3 fully saturated rings. The van der Waals surface area contributed by atoms with Gasteiger partial charge < -0.3 is 34.4 Å². The number of halogens is 1. The molecule has 3 heterocycles. The van der Waals surface area contributed by atoms with Crippen molar-refractivity contribution in [1.82, 2.24) is 10.2 Å². The van der Waals surface area contributed by atoms with Gasteiger partial charge in [0.25, 0.3) is 5.91 Å². The largest absolute Gasteiger partial charge is 0.455 e. The molecular weight excluding hydrogens is 662 g/mol. The highest BCUT2D eigenvalue weighted by Crippen LogP contribution is 2.59. The van der Waals surface area contributed by atoms with E-state index in [0.29, 0.717) is 42.0 Å². The van der Waals surface area contributed by atoms with Gasteiger partial charge >= 0.3 is 5.97 Å². The zero-order valence-corrected chi connectivity index (χ0v) is 29.3. The van der Waals surface area contributed by atoms with Crippen molar-refractivity contribution < 1.29 is 38.5 Å². The third-order valence-electron chi connectivity index (χ3n) is 10.0. The molecule has 0 saturated carbocycles. The smallest absolute Gasteiger partial charge is 0.313 e. The van der Waals surface area contributed by atoms with Crippen LogP contribution in [0.3, 0.4) is 0 Å². The fraction of sp³-hybridized carbons (Fsp3) is 0.474. The van der Waals surface area contributed by atoms with Crippen LogP contribution in [0.1, 0.15) is 50.7 Å². The number of likely N-dealkylation sites (tertiary alicyclic amines) is 1. The lowest BCUT2D eigenvalue weighted by molar-refractivity contribution is -0.163. The third kappa shape index (κ3) is 6.96. The van der Waals surface area contributed by atoms with Crippen LogP contribution in [0.2, 0.25) is 5.02 Å². The molecule has 3 aliphatic rings. The van der Waals surface area contributed by atoms with Gasteiger partial charge in [0.1, 0.15) is 17.7 Å². The molecule has 0 unspecified atom stereocenters. The second-order valence-corrected chi connectivity index (χ2v) is 13.4. The van der Waals surface area contributed by atoms with E-state index in [4.69, 9.17) is 25.8 Å². The van der Waals surface area contributed by atoms with Crippen LogP contribution >= 0.6 is 11.6 Å². The summed E-state index contributed by atoms with van der Waals surface area (Å²) < 4.78 is 18.4. The molecule has 0 aliphatic carbocycles. The van der Waals surface area contributed by atoms with Crippen LogP contribution in [-0.2, 0) is 33.4 Å². The zero-order chi connectivity index (χ0) is 36.0. The lowest BCUT2D eigenvalue weighted by Crippen LogP contribution is -2.59. The number of allylic oxidation sites excluding steroid dienone is 1. The summed E-state index contributed by atoms with van der Waals surface area (Å²) in [7, 11) is 1.49. The molecule has 11 nitrogen and oxygen atoms in total. The summed E-state index contributed by atoms with van der Waals surface area (Å²) in [5.74, 6) is -3.91. The van der Waals surface area contributed by atoms with Crippen LogP contribution in [0.5, 0.6) is 0 Å². The number of nitrogens with one attached hydrogen (secondary N) is 1. The van der Waals surface area contributed by atoms with E-state index in [-0.39, 0.29) is 32.1 Å². The van der Waals surface area contributed by atoms with E-state index in [1.54, 1.807) is 60.7 Å². The standard InChI is InChI=1S/C38H46ClN3O8/c1-5-8-18-30(44)40-27(23-48-4)33(24-14-10-9-11-15-24)49-37(47)31-29-19-20-38(50-29)32(31)35(45)42(25(7-3)22-43)34(38)36(46)41(21-6-2)28-17-13-12-16-26(28)39/h5-6,9-17,25,27,29,31-34,43H,1-2,7-8,18-23H2,3-4H3,(H,40,44)/t25-,27+,29+,31-,32-,33+,34+,38-/m0/s1. The lowest BCUT2D eigenvalue weighted by atomic mass is 9.70. The van der Waals surface area contributed by atoms with E-state index in [9.17, 15) is 24.3 Å². The van der Waals surface area contributed by atoms with Gasteiger partial charge in [0, 0.05) is 20.1 Å². The number of hydrogen-bond acceptors (Lipinski definition) is 8. The Balaban J connectivity index is 1.52. The van der Waals surface area contributed by atoms with Gasteiger partial charge in [-0.05, 0) is 43.4 Å². The van der Waals surface area contributed by atoms with Gasteiger partial charge in [-0.1, -0.05) is 73.1 Å². The van der Waals surface area contributed by atoms with Crippen LogP contribution < -0.4 is 10.2 Å². The molecule has 0 radical (unpaired) electrons.